The van der Waals surface area contributed by atoms with Crippen LogP contribution in [0.4, 0.5) is 0 Å². The molecule has 1 saturated carbocycles. The van der Waals surface area contributed by atoms with Gasteiger partial charge in [-0.05, 0) is 53.1 Å². The Labute approximate surface area is 105 Å². The molecule has 1 amide bonds. The van der Waals surface area contributed by atoms with Crippen molar-refractivity contribution in [3.63, 3.8) is 0 Å². The third kappa shape index (κ3) is 5.50. The molecule has 0 aromatic heterocycles. The molecule has 0 aromatic rings. The van der Waals surface area contributed by atoms with E-state index in [0.717, 1.165) is 19.3 Å². The fourth-order valence-electron chi connectivity index (χ4n) is 2.42. The highest BCUT2D eigenvalue weighted by atomic mass is 16.1. The summed E-state index contributed by atoms with van der Waals surface area (Å²) in [5.74, 6) is 0.159. The number of hydrogen-bond donors (Lipinski definition) is 2. The molecule has 0 bridgehead atoms. The summed E-state index contributed by atoms with van der Waals surface area (Å²) >= 11 is 0. The standard InChI is InChI=1S/C13H27N3O/c1-10(14)7-8-13(17)15-11-5-4-6-12(9-11)16(2)3/h10-12H,4-9,14H2,1-3H3,(H,15,17). The summed E-state index contributed by atoms with van der Waals surface area (Å²) in [4.78, 5) is 14.0. The Kier molecular flexibility index (Phi) is 5.92. The first-order valence-corrected chi connectivity index (χ1v) is 6.70. The van der Waals surface area contributed by atoms with E-state index >= 15 is 0 Å². The van der Waals surface area contributed by atoms with Crippen LogP contribution in [-0.2, 0) is 4.79 Å². The molecule has 4 nitrogen and oxygen atoms in total. The molecule has 1 aliphatic rings. The number of hydrogen-bond acceptors (Lipinski definition) is 3. The molecule has 1 fully saturated rings. The molecule has 3 N–H and O–H groups in total. The van der Waals surface area contributed by atoms with E-state index < -0.39 is 0 Å². The zero-order chi connectivity index (χ0) is 12.8. The molecule has 0 saturated heterocycles. The molecule has 1 aliphatic carbocycles. The van der Waals surface area contributed by atoms with Gasteiger partial charge in [-0.15, -0.1) is 0 Å². The monoisotopic (exact) mass is 241 g/mol. The van der Waals surface area contributed by atoms with Gasteiger partial charge in [0.2, 0.25) is 5.91 Å². The summed E-state index contributed by atoms with van der Waals surface area (Å²) in [6.07, 6.45) is 5.99. The van der Waals surface area contributed by atoms with Crippen LogP contribution in [0.2, 0.25) is 0 Å². The molecule has 0 aliphatic heterocycles. The molecule has 0 heterocycles. The molecule has 3 atom stereocenters. The van der Waals surface area contributed by atoms with Gasteiger partial charge in [-0.3, -0.25) is 4.79 Å². The van der Waals surface area contributed by atoms with E-state index in [1.165, 1.54) is 12.8 Å². The number of nitrogens with two attached hydrogens (primary N) is 1. The topological polar surface area (TPSA) is 58.4 Å². The van der Waals surface area contributed by atoms with Crippen molar-refractivity contribution in [3.8, 4) is 0 Å². The van der Waals surface area contributed by atoms with Crippen molar-refractivity contribution in [1.82, 2.24) is 10.2 Å². The van der Waals surface area contributed by atoms with Crippen molar-refractivity contribution in [2.45, 2.75) is 63.6 Å². The molecule has 4 heteroatoms. The van der Waals surface area contributed by atoms with Gasteiger partial charge in [-0.2, -0.15) is 0 Å². The Morgan fingerprint density at radius 1 is 1.47 bits per heavy atom. The number of amides is 1. The average Bonchev–Trinajstić information content (AvgIpc) is 2.26. The maximum Gasteiger partial charge on any atom is 0.220 e. The van der Waals surface area contributed by atoms with Crippen molar-refractivity contribution in [3.05, 3.63) is 0 Å². The second-order valence-electron chi connectivity index (χ2n) is 5.56. The molecule has 1 rings (SSSR count). The summed E-state index contributed by atoms with van der Waals surface area (Å²) in [5.41, 5.74) is 5.65. The summed E-state index contributed by atoms with van der Waals surface area (Å²) in [6.45, 7) is 1.94. The van der Waals surface area contributed by atoms with E-state index in [0.29, 0.717) is 18.5 Å². The number of nitrogens with one attached hydrogen (secondary N) is 1. The Hall–Kier alpha value is -0.610. The predicted molar refractivity (Wildman–Crippen MR) is 70.8 cm³/mol. The maximum absolute atomic E-state index is 11.7. The number of nitrogens with zero attached hydrogens (tertiary/aromatic N) is 1. The van der Waals surface area contributed by atoms with Gasteiger partial charge in [0.25, 0.3) is 0 Å². The van der Waals surface area contributed by atoms with Crippen LogP contribution in [0.25, 0.3) is 0 Å². The summed E-state index contributed by atoms with van der Waals surface area (Å²) in [6, 6.07) is 1.08. The molecule has 17 heavy (non-hydrogen) atoms. The fraction of sp³-hybridized carbons (Fsp3) is 0.923. The molecule has 0 aromatic carbocycles. The third-order valence-corrected chi connectivity index (χ3v) is 3.57. The lowest BCUT2D eigenvalue weighted by Crippen LogP contribution is -2.43. The maximum atomic E-state index is 11.7. The minimum atomic E-state index is 0.113. The smallest absolute Gasteiger partial charge is 0.220 e. The first-order valence-electron chi connectivity index (χ1n) is 6.70. The summed E-state index contributed by atoms with van der Waals surface area (Å²) in [7, 11) is 4.23. The van der Waals surface area contributed by atoms with Crippen molar-refractivity contribution in [1.29, 1.82) is 0 Å². The number of rotatable bonds is 5. The highest BCUT2D eigenvalue weighted by Gasteiger charge is 2.24. The number of carbonyl (C=O) groups is 1. The van der Waals surface area contributed by atoms with E-state index in [9.17, 15) is 4.79 Å². The molecular formula is C13H27N3O. The second kappa shape index (κ2) is 6.97. The van der Waals surface area contributed by atoms with Crippen LogP contribution in [-0.4, -0.2) is 43.0 Å². The van der Waals surface area contributed by atoms with Gasteiger partial charge >= 0.3 is 0 Å². The van der Waals surface area contributed by atoms with Crippen molar-refractivity contribution in [2.75, 3.05) is 14.1 Å². The first-order chi connectivity index (χ1) is 7.99. The van der Waals surface area contributed by atoms with Crippen LogP contribution in [0.15, 0.2) is 0 Å². The minimum absolute atomic E-state index is 0.113. The lowest BCUT2D eigenvalue weighted by atomic mass is 9.90. The average molecular weight is 241 g/mol. The van der Waals surface area contributed by atoms with E-state index in [1.807, 2.05) is 6.92 Å². The Morgan fingerprint density at radius 3 is 2.76 bits per heavy atom. The third-order valence-electron chi connectivity index (χ3n) is 3.57. The minimum Gasteiger partial charge on any atom is -0.353 e. The van der Waals surface area contributed by atoms with E-state index in [4.69, 9.17) is 5.73 Å². The van der Waals surface area contributed by atoms with Crippen molar-refractivity contribution < 1.29 is 4.79 Å². The van der Waals surface area contributed by atoms with Crippen LogP contribution in [0.3, 0.4) is 0 Å². The van der Waals surface area contributed by atoms with E-state index in [2.05, 4.69) is 24.3 Å². The highest BCUT2D eigenvalue weighted by Crippen LogP contribution is 2.21. The predicted octanol–water partition coefficient (Wildman–Crippen LogP) is 1.10. The van der Waals surface area contributed by atoms with Gasteiger partial charge in [-0.1, -0.05) is 0 Å². The summed E-state index contributed by atoms with van der Waals surface area (Å²) < 4.78 is 0. The molecule has 0 radical (unpaired) electrons. The fourth-order valence-corrected chi connectivity index (χ4v) is 2.42. The molecule has 3 unspecified atom stereocenters. The highest BCUT2D eigenvalue weighted by molar-refractivity contribution is 5.76. The van der Waals surface area contributed by atoms with Crippen LogP contribution in [0.1, 0.15) is 45.4 Å². The van der Waals surface area contributed by atoms with Crippen molar-refractivity contribution in [2.24, 2.45) is 5.73 Å². The van der Waals surface area contributed by atoms with Crippen LogP contribution in [0, 0.1) is 0 Å². The Balaban J connectivity index is 2.28. The van der Waals surface area contributed by atoms with Crippen LogP contribution in [0.5, 0.6) is 0 Å². The molecule has 100 valence electrons. The van der Waals surface area contributed by atoms with Crippen LogP contribution >= 0.6 is 0 Å². The van der Waals surface area contributed by atoms with Gasteiger partial charge in [0.05, 0.1) is 0 Å². The Morgan fingerprint density at radius 2 is 2.18 bits per heavy atom. The van der Waals surface area contributed by atoms with Gasteiger partial charge in [0.1, 0.15) is 0 Å². The zero-order valence-electron chi connectivity index (χ0n) is 11.4. The van der Waals surface area contributed by atoms with Gasteiger partial charge < -0.3 is 16.0 Å². The first kappa shape index (κ1) is 14.5. The summed E-state index contributed by atoms with van der Waals surface area (Å²) in [5, 5.41) is 3.14. The van der Waals surface area contributed by atoms with Crippen LogP contribution < -0.4 is 11.1 Å². The van der Waals surface area contributed by atoms with E-state index in [1.54, 1.807) is 0 Å². The molecular weight excluding hydrogens is 214 g/mol. The quantitative estimate of drug-likeness (QED) is 0.758. The SMILES string of the molecule is CC(N)CCC(=O)NC1CCCC(N(C)C)C1. The van der Waals surface area contributed by atoms with Gasteiger partial charge in [0, 0.05) is 24.5 Å². The Bertz CT molecular complexity index is 241. The second-order valence-corrected chi connectivity index (χ2v) is 5.56. The zero-order valence-corrected chi connectivity index (χ0v) is 11.4. The largest absolute Gasteiger partial charge is 0.353 e. The molecule has 0 spiro atoms. The van der Waals surface area contributed by atoms with Gasteiger partial charge in [0.15, 0.2) is 0 Å². The van der Waals surface area contributed by atoms with Crippen molar-refractivity contribution >= 4 is 5.91 Å². The lowest BCUT2D eigenvalue weighted by Gasteiger charge is -2.33. The van der Waals surface area contributed by atoms with Gasteiger partial charge in [-0.25, -0.2) is 0 Å². The van der Waals surface area contributed by atoms with E-state index in [-0.39, 0.29) is 11.9 Å². The number of carbonyl (C=O) groups excluding carboxylic acids is 1. The lowest BCUT2D eigenvalue weighted by molar-refractivity contribution is -0.122. The normalized spacial score (nSPS) is 26.9.